The largest absolute Gasteiger partial charge is 0.324 e. The van der Waals surface area contributed by atoms with Crippen LogP contribution < -0.4 is 0 Å². The molecule has 0 unspecified atom stereocenters. The van der Waals surface area contributed by atoms with Gasteiger partial charge in [0.25, 0.3) is 23.6 Å². The van der Waals surface area contributed by atoms with Crippen molar-refractivity contribution in [3.8, 4) is 0 Å². The van der Waals surface area contributed by atoms with E-state index in [1.165, 1.54) is 9.80 Å². The quantitative estimate of drug-likeness (QED) is 0.0531. The van der Waals surface area contributed by atoms with Gasteiger partial charge in [0.1, 0.15) is 0 Å². The highest BCUT2D eigenvalue weighted by molar-refractivity contribution is 6.41. The molecule has 2 aliphatic heterocycles. The van der Waals surface area contributed by atoms with Gasteiger partial charge in [-0.15, -0.1) is 0 Å². The Hall–Kier alpha value is -4.40. The third-order valence-corrected chi connectivity index (χ3v) is 12.9. The first kappa shape index (κ1) is 34.1. The summed E-state index contributed by atoms with van der Waals surface area (Å²) in [4.78, 5) is 58.8. The van der Waals surface area contributed by atoms with Crippen molar-refractivity contribution in [2.45, 2.75) is 54.4 Å². The monoisotopic (exact) mass is 674 g/mol. The van der Waals surface area contributed by atoms with Crippen LogP contribution in [0, 0.1) is 0 Å². The van der Waals surface area contributed by atoms with E-state index in [2.05, 4.69) is 41.5 Å². The molecule has 50 heavy (non-hydrogen) atoms. The van der Waals surface area contributed by atoms with Crippen molar-refractivity contribution in [3.63, 3.8) is 0 Å². The van der Waals surface area contributed by atoms with Gasteiger partial charge in [0.15, 0.2) is 0 Å². The van der Waals surface area contributed by atoms with Crippen LogP contribution in [0.4, 0.5) is 0 Å². The van der Waals surface area contributed by atoms with Gasteiger partial charge < -0.3 is 8.97 Å². The SMILES string of the molecule is CC[N+](CC)(CC)CCCN1C(=O)c2ccc3c4ccc5c6c(ccc(c7ccc(c2c37)C1=O)c64)C(=O)N(CCC[N+](CC)(CC)CC)C5=O. The molecule has 2 aliphatic rings. The first-order valence-corrected chi connectivity index (χ1v) is 18.8. The summed E-state index contributed by atoms with van der Waals surface area (Å²) in [6.07, 6.45) is 1.51. The maximum Gasteiger partial charge on any atom is 0.261 e. The van der Waals surface area contributed by atoms with Gasteiger partial charge in [-0.25, -0.2) is 0 Å². The van der Waals surface area contributed by atoms with Gasteiger partial charge in [-0.1, -0.05) is 24.3 Å². The average molecular weight is 675 g/mol. The Morgan fingerprint density at radius 2 is 0.660 bits per heavy atom. The predicted molar refractivity (Wildman–Crippen MR) is 201 cm³/mol. The van der Waals surface area contributed by atoms with E-state index in [-0.39, 0.29) is 23.6 Å². The van der Waals surface area contributed by atoms with E-state index in [4.69, 9.17) is 0 Å². The third kappa shape index (κ3) is 4.86. The molecular formula is C42H50N4O4+2. The second-order valence-corrected chi connectivity index (χ2v) is 14.4. The fraction of sp³-hybridized carbons (Fsp3) is 0.429. The second-order valence-electron chi connectivity index (χ2n) is 14.4. The highest BCUT2D eigenvalue weighted by Crippen LogP contribution is 2.46. The Morgan fingerprint density at radius 1 is 0.400 bits per heavy atom. The number of quaternary nitrogens is 2. The van der Waals surface area contributed by atoms with Gasteiger partial charge in [0.05, 0.1) is 52.4 Å². The van der Waals surface area contributed by atoms with Crippen molar-refractivity contribution in [1.82, 2.24) is 9.80 Å². The number of rotatable bonds is 14. The van der Waals surface area contributed by atoms with Crippen LogP contribution in [0.25, 0.3) is 43.1 Å². The topological polar surface area (TPSA) is 74.8 Å². The molecule has 0 bridgehead atoms. The molecule has 0 N–H and O–H groups in total. The zero-order chi connectivity index (χ0) is 35.5. The lowest BCUT2D eigenvalue weighted by Crippen LogP contribution is -2.49. The maximum atomic E-state index is 14.0. The minimum absolute atomic E-state index is 0.242. The Kier molecular flexibility index (Phi) is 8.68. The van der Waals surface area contributed by atoms with E-state index in [0.29, 0.717) is 46.1 Å². The van der Waals surface area contributed by atoms with Crippen LogP contribution in [0.15, 0.2) is 48.5 Å². The summed E-state index contributed by atoms with van der Waals surface area (Å²) in [5, 5.41) is 6.82. The van der Waals surface area contributed by atoms with Crippen molar-refractivity contribution < 1.29 is 28.1 Å². The highest BCUT2D eigenvalue weighted by Gasteiger charge is 2.37. The number of fused-ring (bicyclic) bond motifs is 2. The molecule has 8 nitrogen and oxygen atoms in total. The number of benzene rings is 5. The summed E-state index contributed by atoms with van der Waals surface area (Å²) < 4.78 is 1.94. The molecule has 0 spiro atoms. The van der Waals surface area contributed by atoms with Gasteiger partial charge in [0.2, 0.25) is 0 Å². The van der Waals surface area contributed by atoms with E-state index in [1.807, 2.05) is 48.5 Å². The number of hydrogen-bond acceptors (Lipinski definition) is 4. The molecule has 0 radical (unpaired) electrons. The van der Waals surface area contributed by atoms with Crippen molar-refractivity contribution in [3.05, 3.63) is 70.8 Å². The lowest BCUT2D eigenvalue weighted by Gasteiger charge is -2.37. The van der Waals surface area contributed by atoms with Crippen molar-refractivity contribution in [2.75, 3.05) is 65.4 Å². The van der Waals surface area contributed by atoms with Crippen LogP contribution in [0.2, 0.25) is 0 Å². The number of imide groups is 2. The van der Waals surface area contributed by atoms with Crippen LogP contribution in [0.5, 0.6) is 0 Å². The molecule has 0 atom stereocenters. The summed E-state index contributed by atoms with van der Waals surface area (Å²) in [6.45, 7) is 22.0. The predicted octanol–water partition coefficient (Wildman–Crippen LogP) is 7.46. The minimum atomic E-state index is -0.242. The summed E-state index contributed by atoms with van der Waals surface area (Å²) in [7, 11) is 0. The van der Waals surface area contributed by atoms with Crippen LogP contribution in [-0.4, -0.2) is 108 Å². The standard InChI is InChI=1S/C42H50N4O4/c1-7-45(8-2,9-3)25-13-23-43-39(47)31-19-15-27-29-17-21-33-38-34(42(50)44(41(33)49)24-14-26-46(10-4,11-5)12-6)22-18-30(36(29)38)28-16-20-32(40(43)48)37(31)35(27)28/h15-22H,7-14,23-26H2,1-6H3/q+2. The molecule has 8 heteroatoms. The molecule has 0 aliphatic carbocycles. The summed E-state index contributed by atoms with van der Waals surface area (Å²) in [5.41, 5.74) is 2.20. The fourth-order valence-corrected chi connectivity index (χ4v) is 9.19. The molecule has 5 aromatic rings. The van der Waals surface area contributed by atoms with E-state index in [0.717, 1.165) is 106 Å². The van der Waals surface area contributed by atoms with Gasteiger partial charge in [-0.05, 0) is 98.1 Å². The van der Waals surface area contributed by atoms with Crippen LogP contribution in [0.3, 0.4) is 0 Å². The summed E-state index contributed by atoms with van der Waals surface area (Å²) in [5.74, 6) is -0.967. The molecule has 7 rings (SSSR count). The van der Waals surface area contributed by atoms with E-state index >= 15 is 0 Å². The smallest absolute Gasteiger partial charge is 0.261 e. The fourth-order valence-electron chi connectivity index (χ4n) is 9.19. The van der Waals surface area contributed by atoms with Crippen LogP contribution >= 0.6 is 0 Å². The lowest BCUT2D eigenvalue weighted by molar-refractivity contribution is -0.923. The molecular weight excluding hydrogens is 624 g/mol. The molecule has 2 heterocycles. The maximum absolute atomic E-state index is 14.0. The molecule has 260 valence electrons. The number of hydrogen-bond donors (Lipinski definition) is 0. The van der Waals surface area contributed by atoms with Crippen molar-refractivity contribution >= 4 is 66.7 Å². The van der Waals surface area contributed by atoms with Crippen molar-refractivity contribution in [2.24, 2.45) is 0 Å². The zero-order valence-corrected chi connectivity index (χ0v) is 30.5. The second kappa shape index (κ2) is 12.7. The molecule has 0 saturated heterocycles. The van der Waals surface area contributed by atoms with Gasteiger partial charge >= 0.3 is 0 Å². The zero-order valence-electron chi connectivity index (χ0n) is 30.5. The molecule has 0 saturated carbocycles. The highest BCUT2D eigenvalue weighted by atomic mass is 16.2. The lowest BCUT2D eigenvalue weighted by atomic mass is 9.82. The minimum Gasteiger partial charge on any atom is -0.324 e. The van der Waals surface area contributed by atoms with Crippen LogP contribution in [-0.2, 0) is 0 Å². The first-order chi connectivity index (χ1) is 24.1. The van der Waals surface area contributed by atoms with Crippen molar-refractivity contribution in [1.29, 1.82) is 0 Å². The van der Waals surface area contributed by atoms with Gasteiger partial charge in [0, 0.05) is 59.0 Å². The normalized spacial score (nSPS) is 15.2. The van der Waals surface area contributed by atoms with E-state index < -0.39 is 0 Å². The third-order valence-electron chi connectivity index (χ3n) is 12.9. The molecule has 0 fully saturated rings. The van der Waals surface area contributed by atoms with Gasteiger partial charge in [-0.3, -0.25) is 29.0 Å². The molecule has 5 aromatic carbocycles. The number of carbonyl (C=O) groups excluding carboxylic acids is 4. The Bertz CT molecular complexity index is 1900. The molecule has 0 aromatic heterocycles. The Labute approximate surface area is 294 Å². The Morgan fingerprint density at radius 3 is 0.900 bits per heavy atom. The van der Waals surface area contributed by atoms with E-state index in [9.17, 15) is 19.2 Å². The number of carbonyl (C=O) groups is 4. The number of nitrogens with zero attached hydrogens (tertiary/aromatic N) is 4. The van der Waals surface area contributed by atoms with E-state index in [1.54, 1.807) is 0 Å². The molecule has 4 amide bonds. The average Bonchev–Trinajstić information content (AvgIpc) is 3.15. The summed E-state index contributed by atoms with van der Waals surface area (Å²) in [6, 6.07) is 15.4. The first-order valence-electron chi connectivity index (χ1n) is 18.8. The Balaban J connectivity index is 1.28. The number of amides is 4. The van der Waals surface area contributed by atoms with Gasteiger partial charge in [-0.2, -0.15) is 0 Å². The summed E-state index contributed by atoms with van der Waals surface area (Å²) >= 11 is 0. The van der Waals surface area contributed by atoms with Crippen LogP contribution in [0.1, 0.15) is 95.8 Å².